The van der Waals surface area contributed by atoms with Crippen LogP contribution in [0.2, 0.25) is 0 Å². The van der Waals surface area contributed by atoms with Gasteiger partial charge in [0.05, 0.1) is 27.8 Å². The molecule has 0 unspecified atom stereocenters. The first kappa shape index (κ1) is 36.4. The number of aromatic amines is 2. The maximum Gasteiger partial charge on any atom is 0.251 e. The van der Waals surface area contributed by atoms with E-state index in [4.69, 9.17) is 15.7 Å². The lowest BCUT2D eigenvalue weighted by Gasteiger charge is -2.16. The molecule has 6 N–H and O–H groups in total. The van der Waals surface area contributed by atoms with Gasteiger partial charge >= 0.3 is 0 Å². The average molecular weight is 705 g/mol. The lowest BCUT2D eigenvalue weighted by atomic mass is 10.1. The summed E-state index contributed by atoms with van der Waals surface area (Å²) >= 11 is 0. The second kappa shape index (κ2) is 17.2. The second-order valence-electron chi connectivity index (χ2n) is 13.4. The molecule has 0 atom stereocenters. The van der Waals surface area contributed by atoms with E-state index >= 15 is 0 Å². The molecular weight excluding hydrogens is 656 g/mol. The van der Waals surface area contributed by atoms with Crippen molar-refractivity contribution in [3.63, 3.8) is 0 Å². The number of carbonyl (C=O) groups is 2. The van der Waals surface area contributed by atoms with Crippen LogP contribution in [0.1, 0.15) is 45.7 Å². The highest BCUT2D eigenvalue weighted by Crippen LogP contribution is 2.26. The van der Waals surface area contributed by atoms with Crippen molar-refractivity contribution < 1.29 is 9.59 Å². The van der Waals surface area contributed by atoms with Gasteiger partial charge in [-0.3, -0.25) is 14.3 Å². The highest BCUT2D eigenvalue weighted by Gasteiger charge is 2.13. The van der Waals surface area contributed by atoms with E-state index in [1.165, 1.54) is 0 Å². The molecule has 0 aliphatic heterocycles. The molecule has 3 heterocycles. The van der Waals surface area contributed by atoms with Crippen LogP contribution >= 0.6 is 0 Å². The topological polar surface area (TPSA) is 179 Å². The monoisotopic (exact) mass is 704 g/mol. The van der Waals surface area contributed by atoms with Crippen molar-refractivity contribution in [2.75, 3.05) is 60.4 Å². The van der Waals surface area contributed by atoms with Crippen LogP contribution < -0.4 is 16.4 Å². The molecule has 14 heteroatoms. The SMILES string of the molecule is CN(C)CCNC(=O)c1ccc2nc(-c3ccc(-c4nc5ccc(C(=O)NCCN(C)CCCCc6cn(CCCN)nn6)cc5[nH]4)cc3)[nH]c2c1. The van der Waals surface area contributed by atoms with E-state index in [2.05, 4.69) is 42.9 Å². The number of H-pyrrole nitrogens is 2. The Morgan fingerprint density at radius 2 is 1.33 bits per heavy atom. The van der Waals surface area contributed by atoms with Crippen LogP contribution in [0.5, 0.6) is 0 Å². The zero-order valence-electron chi connectivity index (χ0n) is 30.2. The standard InChI is InChI=1S/C38H48N12O2/c1-48(2)21-17-40-37(51)28-12-14-31-33(23-28)44-35(42-31)26-8-10-27(11-9-26)36-43-32-15-13-29(24-34(32)45-36)38(52)41-18-22-49(3)19-5-4-7-30-25-50(47-46-30)20-6-16-39/h8-15,23-25H,4-7,16-22,39H2,1-3H3,(H,40,51)(H,41,52)(H,42,44)(H,43,45). The molecule has 6 aromatic rings. The normalized spacial score (nSPS) is 11.7. The fourth-order valence-corrected chi connectivity index (χ4v) is 5.93. The second-order valence-corrected chi connectivity index (χ2v) is 13.4. The molecule has 0 aliphatic carbocycles. The Hall–Kier alpha value is -5.44. The summed E-state index contributed by atoms with van der Waals surface area (Å²) in [4.78, 5) is 46.0. The number of fused-ring (bicyclic) bond motifs is 2. The minimum absolute atomic E-state index is 0.109. The lowest BCUT2D eigenvalue weighted by Crippen LogP contribution is -2.33. The van der Waals surface area contributed by atoms with Crippen LogP contribution in [-0.4, -0.2) is 117 Å². The Balaban J connectivity index is 0.982. The largest absolute Gasteiger partial charge is 0.351 e. The molecule has 6 rings (SSSR count). The minimum atomic E-state index is -0.114. The van der Waals surface area contributed by atoms with E-state index in [9.17, 15) is 9.59 Å². The fraction of sp³-hybridized carbons (Fsp3) is 0.368. The summed E-state index contributed by atoms with van der Waals surface area (Å²) in [5, 5.41) is 14.4. The maximum absolute atomic E-state index is 13.0. The molecule has 14 nitrogen and oxygen atoms in total. The number of nitrogens with two attached hydrogens (primary N) is 1. The van der Waals surface area contributed by atoms with E-state index in [0.29, 0.717) is 36.6 Å². The van der Waals surface area contributed by atoms with E-state index in [0.717, 1.165) is 96.6 Å². The molecule has 0 spiro atoms. The van der Waals surface area contributed by atoms with Gasteiger partial charge in [-0.05, 0) is 96.3 Å². The van der Waals surface area contributed by atoms with Crippen LogP contribution in [0.3, 0.4) is 0 Å². The Labute approximate surface area is 303 Å². The first-order chi connectivity index (χ1) is 25.2. The van der Waals surface area contributed by atoms with Crippen molar-refractivity contribution >= 4 is 33.9 Å². The molecule has 0 saturated carbocycles. The maximum atomic E-state index is 13.0. The number of nitrogens with zero attached hydrogens (tertiary/aromatic N) is 7. The van der Waals surface area contributed by atoms with Gasteiger partial charge in [0, 0.05) is 61.2 Å². The number of aromatic nitrogens is 7. The van der Waals surface area contributed by atoms with Crippen molar-refractivity contribution in [3.8, 4) is 22.8 Å². The number of hydrogen-bond donors (Lipinski definition) is 5. The van der Waals surface area contributed by atoms with E-state index in [1.54, 1.807) is 6.07 Å². The Morgan fingerprint density at radius 3 is 1.88 bits per heavy atom. The summed E-state index contributed by atoms with van der Waals surface area (Å²) in [7, 11) is 6.02. The summed E-state index contributed by atoms with van der Waals surface area (Å²) in [6.45, 7) is 5.07. The van der Waals surface area contributed by atoms with Crippen LogP contribution in [0, 0.1) is 0 Å². The van der Waals surface area contributed by atoms with Gasteiger partial charge < -0.3 is 36.1 Å². The quantitative estimate of drug-likeness (QED) is 0.0835. The van der Waals surface area contributed by atoms with Gasteiger partial charge in [-0.25, -0.2) is 9.97 Å². The highest BCUT2D eigenvalue weighted by atomic mass is 16.2. The highest BCUT2D eigenvalue weighted by molar-refractivity contribution is 5.98. The first-order valence-electron chi connectivity index (χ1n) is 17.8. The molecule has 3 aromatic carbocycles. The van der Waals surface area contributed by atoms with Gasteiger partial charge in [0.2, 0.25) is 0 Å². The molecule has 52 heavy (non-hydrogen) atoms. The number of imidazole rings is 2. The van der Waals surface area contributed by atoms with Crippen molar-refractivity contribution in [2.24, 2.45) is 5.73 Å². The van der Waals surface area contributed by atoms with Gasteiger partial charge in [0.25, 0.3) is 11.8 Å². The zero-order chi connectivity index (χ0) is 36.5. The Bertz CT molecular complexity index is 2100. The van der Waals surface area contributed by atoms with Crippen molar-refractivity contribution in [1.29, 1.82) is 0 Å². The van der Waals surface area contributed by atoms with Crippen LogP contribution in [0.4, 0.5) is 0 Å². The van der Waals surface area contributed by atoms with Gasteiger partial charge in [-0.1, -0.05) is 29.5 Å². The zero-order valence-corrected chi connectivity index (χ0v) is 30.2. The Morgan fingerprint density at radius 1 is 0.750 bits per heavy atom. The number of unbranched alkanes of at least 4 members (excludes halogenated alkanes) is 1. The summed E-state index contributed by atoms with van der Waals surface area (Å²) in [5.41, 5.74) is 12.7. The van der Waals surface area contributed by atoms with E-state index in [-0.39, 0.29) is 11.8 Å². The molecule has 272 valence electrons. The molecule has 0 radical (unpaired) electrons. The van der Waals surface area contributed by atoms with Gasteiger partial charge in [0.15, 0.2) is 0 Å². The minimum Gasteiger partial charge on any atom is -0.351 e. The summed E-state index contributed by atoms with van der Waals surface area (Å²) in [6, 6.07) is 19.0. The first-order valence-corrected chi connectivity index (χ1v) is 17.8. The average Bonchev–Trinajstić information content (AvgIpc) is 3.90. The number of benzene rings is 3. The van der Waals surface area contributed by atoms with E-state index in [1.807, 2.05) is 84.5 Å². The van der Waals surface area contributed by atoms with Crippen LogP contribution in [0.15, 0.2) is 66.9 Å². The number of rotatable bonds is 18. The smallest absolute Gasteiger partial charge is 0.251 e. The third-order valence-electron chi connectivity index (χ3n) is 8.94. The fourth-order valence-electron chi connectivity index (χ4n) is 5.93. The van der Waals surface area contributed by atoms with Crippen molar-refractivity contribution in [3.05, 3.63) is 83.7 Å². The number of aryl methyl sites for hydroxylation is 2. The molecule has 0 fully saturated rings. The van der Waals surface area contributed by atoms with Crippen molar-refractivity contribution in [2.45, 2.75) is 32.2 Å². The third-order valence-corrected chi connectivity index (χ3v) is 8.94. The number of amides is 2. The predicted molar refractivity (Wildman–Crippen MR) is 204 cm³/mol. The lowest BCUT2D eigenvalue weighted by molar-refractivity contribution is 0.0942. The molecule has 0 bridgehead atoms. The summed E-state index contributed by atoms with van der Waals surface area (Å²) in [5.74, 6) is 1.21. The number of likely N-dealkylation sites (N-methyl/N-ethyl adjacent to an activating group) is 2. The summed E-state index contributed by atoms with van der Waals surface area (Å²) < 4.78 is 1.86. The van der Waals surface area contributed by atoms with Crippen LogP contribution in [-0.2, 0) is 13.0 Å². The molecular formula is C38H48N12O2. The molecule has 0 saturated heterocycles. The van der Waals surface area contributed by atoms with Gasteiger partial charge in [-0.2, -0.15) is 0 Å². The van der Waals surface area contributed by atoms with E-state index < -0.39 is 0 Å². The Kier molecular flexibility index (Phi) is 12.0. The van der Waals surface area contributed by atoms with Gasteiger partial charge in [-0.15, -0.1) is 5.10 Å². The number of carbonyl (C=O) groups excluding carboxylic acids is 2. The number of nitrogens with one attached hydrogen (secondary N) is 4. The van der Waals surface area contributed by atoms with Crippen LogP contribution in [0.25, 0.3) is 44.8 Å². The van der Waals surface area contributed by atoms with Gasteiger partial charge in [0.1, 0.15) is 11.6 Å². The number of hydrogen-bond acceptors (Lipinski definition) is 9. The molecule has 0 aliphatic rings. The summed E-state index contributed by atoms with van der Waals surface area (Å²) in [6.07, 6.45) is 5.88. The molecule has 2 amide bonds. The third kappa shape index (κ3) is 9.46. The molecule has 3 aromatic heterocycles. The predicted octanol–water partition coefficient (Wildman–Crippen LogP) is 3.69. The van der Waals surface area contributed by atoms with Crippen molar-refractivity contribution in [1.82, 2.24) is 55.4 Å².